The van der Waals surface area contributed by atoms with Gasteiger partial charge in [0.05, 0.1) is 5.69 Å². The standard InChI is InChI=1S/C8H6FNO/c9-7-3-1-5-10-8(7)4-2-6-11/h1-6H/b4-2+. The van der Waals surface area contributed by atoms with Crippen LogP contribution in [0.5, 0.6) is 0 Å². The summed E-state index contributed by atoms with van der Waals surface area (Å²) in [5.41, 5.74) is 0.180. The average molecular weight is 151 g/mol. The molecule has 0 saturated carbocycles. The smallest absolute Gasteiger partial charge is 0.148 e. The van der Waals surface area contributed by atoms with Gasteiger partial charge in [-0.1, -0.05) is 0 Å². The number of carbonyl (C=O) groups is 1. The van der Waals surface area contributed by atoms with Gasteiger partial charge in [0.15, 0.2) is 0 Å². The molecule has 2 nitrogen and oxygen atoms in total. The molecule has 0 bridgehead atoms. The van der Waals surface area contributed by atoms with Gasteiger partial charge < -0.3 is 0 Å². The maximum Gasteiger partial charge on any atom is 0.148 e. The summed E-state index contributed by atoms with van der Waals surface area (Å²) in [5, 5.41) is 0. The Balaban J connectivity index is 2.94. The minimum Gasteiger partial charge on any atom is -0.299 e. The van der Waals surface area contributed by atoms with Gasteiger partial charge in [-0.3, -0.25) is 9.78 Å². The van der Waals surface area contributed by atoms with E-state index in [1.165, 1.54) is 30.5 Å². The molecule has 0 spiro atoms. The van der Waals surface area contributed by atoms with Crippen molar-refractivity contribution in [2.75, 3.05) is 0 Å². The van der Waals surface area contributed by atoms with Gasteiger partial charge in [-0.05, 0) is 24.3 Å². The normalized spacial score (nSPS) is 10.3. The highest BCUT2D eigenvalue weighted by molar-refractivity contribution is 5.72. The lowest BCUT2D eigenvalue weighted by molar-refractivity contribution is -0.104. The van der Waals surface area contributed by atoms with Gasteiger partial charge in [-0.25, -0.2) is 4.39 Å². The third-order valence-corrected chi connectivity index (χ3v) is 1.12. The lowest BCUT2D eigenvalue weighted by atomic mass is 10.3. The molecule has 0 saturated heterocycles. The molecule has 11 heavy (non-hydrogen) atoms. The second-order valence-electron chi connectivity index (χ2n) is 1.87. The molecule has 0 unspecified atom stereocenters. The number of aromatic nitrogens is 1. The van der Waals surface area contributed by atoms with Crippen LogP contribution in [0.25, 0.3) is 6.08 Å². The Morgan fingerprint density at radius 3 is 3.00 bits per heavy atom. The molecule has 0 aliphatic rings. The van der Waals surface area contributed by atoms with Gasteiger partial charge in [0.2, 0.25) is 0 Å². The number of hydrogen-bond donors (Lipinski definition) is 0. The van der Waals surface area contributed by atoms with E-state index in [9.17, 15) is 9.18 Å². The molecule has 0 N–H and O–H groups in total. The predicted molar refractivity (Wildman–Crippen MR) is 39.3 cm³/mol. The van der Waals surface area contributed by atoms with Crippen molar-refractivity contribution in [2.24, 2.45) is 0 Å². The third kappa shape index (κ3) is 1.97. The molecule has 0 aliphatic carbocycles. The van der Waals surface area contributed by atoms with Gasteiger partial charge >= 0.3 is 0 Å². The van der Waals surface area contributed by atoms with Gasteiger partial charge in [0, 0.05) is 6.20 Å². The average Bonchev–Trinajstić information content (AvgIpc) is 2.03. The van der Waals surface area contributed by atoms with Crippen LogP contribution in [0.3, 0.4) is 0 Å². The van der Waals surface area contributed by atoms with Crippen LogP contribution in [0.4, 0.5) is 4.39 Å². The molecule has 0 aromatic carbocycles. The van der Waals surface area contributed by atoms with Gasteiger partial charge in [-0.2, -0.15) is 0 Å². The molecule has 1 rings (SSSR count). The fourth-order valence-corrected chi connectivity index (χ4v) is 0.651. The SMILES string of the molecule is O=C/C=C/c1ncccc1F. The number of hydrogen-bond acceptors (Lipinski definition) is 2. The third-order valence-electron chi connectivity index (χ3n) is 1.12. The van der Waals surface area contributed by atoms with Crippen molar-refractivity contribution >= 4 is 12.4 Å². The molecule has 56 valence electrons. The van der Waals surface area contributed by atoms with Crippen LogP contribution in [0.2, 0.25) is 0 Å². The van der Waals surface area contributed by atoms with E-state index in [1.807, 2.05) is 0 Å². The Morgan fingerprint density at radius 1 is 1.55 bits per heavy atom. The first-order valence-corrected chi connectivity index (χ1v) is 3.07. The second-order valence-corrected chi connectivity index (χ2v) is 1.87. The molecule has 1 aromatic heterocycles. The van der Waals surface area contributed by atoms with Crippen molar-refractivity contribution in [1.29, 1.82) is 0 Å². The Labute approximate surface area is 63.4 Å². The number of allylic oxidation sites excluding steroid dienone is 1. The van der Waals surface area contributed by atoms with E-state index in [0.717, 1.165) is 0 Å². The number of carbonyl (C=O) groups excluding carboxylic acids is 1. The number of pyridine rings is 1. The van der Waals surface area contributed by atoms with Crippen LogP contribution in [0, 0.1) is 5.82 Å². The number of nitrogens with zero attached hydrogens (tertiary/aromatic N) is 1. The quantitative estimate of drug-likeness (QED) is 0.472. The summed E-state index contributed by atoms with van der Waals surface area (Å²) in [5.74, 6) is -0.425. The number of aldehydes is 1. The first kappa shape index (κ1) is 7.60. The van der Waals surface area contributed by atoms with Crippen molar-refractivity contribution < 1.29 is 9.18 Å². The van der Waals surface area contributed by atoms with E-state index in [1.54, 1.807) is 0 Å². The first-order chi connectivity index (χ1) is 5.34. The highest BCUT2D eigenvalue weighted by Gasteiger charge is 1.94. The molecule has 0 radical (unpaired) electrons. The number of halogens is 1. The van der Waals surface area contributed by atoms with E-state index in [0.29, 0.717) is 6.29 Å². The van der Waals surface area contributed by atoms with Crippen LogP contribution in [-0.4, -0.2) is 11.3 Å². The molecule has 0 amide bonds. The summed E-state index contributed by atoms with van der Waals surface area (Å²) in [4.78, 5) is 13.5. The summed E-state index contributed by atoms with van der Waals surface area (Å²) in [6.07, 6.45) is 4.56. The summed E-state index contributed by atoms with van der Waals surface area (Å²) in [6.45, 7) is 0. The zero-order valence-electron chi connectivity index (χ0n) is 5.70. The summed E-state index contributed by atoms with van der Waals surface area (Å²) in [6, 6.07) is 2.78. The van der Waals surface area contributed by atoms with Gasteiger partial charge in [0.25, 0.3) is 0 Å². The predicted octanol–water partition coefficient (Wildman–Crippen LogP) is 1.43. The van der Waals surface area contributed by atoms with Crippen LogP contribution in [0.15, 0.2) is 24.4 Å². The molecule has 1 heterocycles. The fourth-order valence-electron chi connectivity index (χ4n) is 0.651. The van der Waals surface area contributed by atoms with Crippen LogP contribution < -0.4 is 0 Å². The van der Waals surface area contributed by atoms with E-state index in [2.05, 4.69) is 4.98 Å². The molecule has 0 fully saturated rings. The van der Waals surface area contributed by atoms with Crippen molar-refractivity contribution in [3.8, 4) is 0 Å². The van der Waals surface area contributed by atoms with Crippen LogP contribution in [-0.2, 0) is 4.79 Å². The lowest BCUT2D eigenvalue weighted by Gasteiger charge is -1.91. The first-order valence-electron chi connectivity index (χ1n) is 3.07. The molecule has 0 aliphatic heterocycles. The summed E-state index contributed by atoms with van der Waals surface area (Å²) >= 11 is 0. The maximum absolute atomic E-state index is 12.7. The zero-order chi connectivity index (χ0) is 8.10. The minimum absolute atomic E-state index is 0.180. The fraction of sp³-hybridized carbons (Fsp3) is 0. The van der Waals surface area contributed by atoms with Crippen molar-refractivity contribution in [3.63, 3.8) is 0 Å². The molecular weight excluding hydrogens is 145 g/mol. The molecule has 3 heteroatoms. The van der Waals surface area contributed by atoms with Crippen LogP contribution in [0.1, 0.15) is 5.69 Å². The molecule has 1 aromatic rings. The molecular formula is C8H6FNO. The van der Waals surface area contributed by atoms with E-state index < -0.39 is 5.82 Å². The largest absolute Gasteiger partial charge is 0.299 e. The Bertz CT molecular complexity index is 283. The maximum atomic E-state index is 12.7. The monoisotopic (exact) mass is 151 g/mol. The van der Waals surface area contributed by atoms with Gasteiger partial charge in [0.1, 0.15) is 12.1 Å². The Kier molecular flexibility index (Phi) is 2.49. The van der Waals surface area contributed by atoms with Gasteiger partial charge in [-0.15, -0.1) is 0 Å². The minimum atomic E-state index is -0.425. The van der Waals surface area contributed by atoms with Crippen molar-refractivity contribution in [1.82, 2.24) is 4.98 Å². The highest BCUT2D eigenvalue weighted by Crippen LogP contribution is 2.03. The Hall–Kier alpha value is -1.51. The van der Waals surface area contributed by atoms with Crippen molar-refractivity contribution in [2.45, 2.75) is 0 Å². The van der Waals surface area contributed by atoms with E-state index >= 15 is 0 Å². The van der Waals surface area contributed by atoms with E-state index in [-0.39, 0.29) is 5.69 Å². The van der Waals surface area contributed by atoms with Crippen LogP contribution >= 0.6 is 0 Å². The Morgan fingerprint density at radius 2 is 2.36 bits per heavy atom. The van der Waals surface area contributed by atoms with E-state index in [4.69, 9.17) is 0 Å². The summed E-state index contributed by atoms with van der Waals surface area (Å²) < 4.78 is 12.7. The number of rotatable bonds is 2. The second kappa shape index (κ2) is 3.61. The highest BCUT2D eigenvalue weighted by atomic mass is 19.1. The topological polar surface area (TPSA) is 30.0 Å². The van der Waals surface area contributed by atoms with Crippen molar-refractivity contribution in [3.05, 3.63) is 35.9 Å². The molecule has 0 atom stereocenters. The summed E-state index contributed by atoms with van der Waals surface area (Å²) in [7, 11) is 0. The zero-order valence-corrected chi connectivity index (χ0v) is 5.70. The lowest BCUT2D eigenvalue weighted by Crippen LogP contribution is -1.84.